The van der Waals surface area contributed by atoms with E-state index in [1.807, 2.05) is 0 Å². The normalized spacial score (nSPS) is 14.1. The lowest BCUT2D eigenvalue weighted by atomic mass is 9.60. The summed E-state index contributed by atoms with van der Waals surface area (Å²) in [6, 6.07) is 0. The minimum absolute atomic E-state index is 0.386. The Balaban J connectivity index is 4.91. The van der Waals surface area contributed by atoms with Gasteiger partial charge in [-0.15, -0.1) is 0 Å². The van der Waals surface area contributed by atoms with Gasteiger partial charge in [-0.2, -0.15) is 0 Å². The smallest absolute Gasteiger partial charge is 0.0288 e. The third-order valence-corrected chi connectivity index (χ3v) is 3.23. The van der Waals surface area contributed by atoms with Crippen molar-refractivity contribution in [3.63, 3.8) is 0 Å². The van der Waals surface area contributed by atoms with Crippen LogP contribution in [0.25, 0.3) is 0 Å². The molecule has 0 nitrogen and oxygen atoms in total. The third kappa shape index (κ3) is 3.63. The third-order valence-electron chi connectivity index (χ3n) is 3.23. The second kappa shape index (κ2) is 4.68. The Kier molecular flexibility index (Phi) is 4.68. The molecular weight excluding hydrogens is 168 g/mol. The maximum absolute atomic E-state index is 4.10. The Bertz CT molecular complexity index is 136. The Morgan fingerprint density at radius 2 is 1.29 bits per heavy atom. The Morgan fingerprint density at radius 3 is 1.36 bits per heavy atom. The van der Waals surface area contributed by atoms with Crippen molar-refractivity contribution in [2.45, 2.75) is 61.3 Å². The van der Waals surface area contributed by atoms with E-state index in [4.69, 9.17) is 0 Å². The molecule has 0 fully saturated rings. The summed E-state index contributed by atoms with van der Waals surface area (Å²) in [4.78, 5) is 0. The molecule has 0 aromatic rings. The lowest BCUT2D eigenvalue weighted by molar-refractivity contribution is 0.0410. The summed E-state index contributed by atoms with van der Waals surface area (Å²) < 4.78 is 0. The van der Waals surface area contributed by atoms with E-state index in [9.17, 15) is 0 Å². The first-order valence-electron chi connectivity index (χ1n) is 5.93. The van der Waals surface area contributed by atoms with Gasteiger partial charge in [0.15, 0.2) is 0 Å². The molecule has 0 heterocycles. The van der Waals surface area contributed by atoms with Crippen LogP contribution in [0.4, 0.5) is 0 Å². The Hall–Kier alpha value is 0. The summed E-state index contributed by atoms with van der Waals surface area (Å²) in [6.45, 7) is 20.6. The van der Waals surface area contributed by atoms with Crippen molar-refractivity contribution in [2.24, 2.45) is 22.7 Å². The number of rotatable bonds is 3. The molecule has 85 valence electrons. The molecule has 0 aliphatic rings. The summed E-state index contributed by atoms with van der Waals surface area (Å²) in [5.74, 6) is 1.51. The first-order valence-corrected chi connectivity index (χ1v) is 5.93. The standard InChI is InChI=1S/C14H29/c1-9-11(10-2)12(13(3,4)5)14(6,7)8/h11-12H,1,9-10H2,2-8H3. The second-order valence-corrected chi connectivity index (χ2v) is 6.67. The van der Waals surface area contributed by atoms with E-state index in [0.29, 0.717) is 10.8 Å². The van der Waals surface area contributed by atoms with Crippen molar-refractivity contribution >= 4 is 0 Å². The summed E-state index contributed by atoms with van der Waals surface area (Å²) in [5.41, 5.74) is 0.771. The van der Waals surface area contributed by atoms with Crippen LogP contribution in [0.15, 0.2) is 0 Å². The van der Waals surface area contributed by atoms with Crippen LogP contribution >= 0.6 is 0 Å². The molecule has 0 N–H and O–H groups in total. The largest absolute Gasteiger partial charge is 0.0651 e. The number of hydrogen-bond donors (Lipinski definition) is 0. The van der Waals surface area contributed by atoms with Crippen molar-refractivity contribution in [1.82, 2.24) is 0 Å². The van der Waals surface area contributed by atoms with Crippen LogP contribution in [0.1, 0.15) is 61.3 Å². The Labute approximate surface area is 91.5 Å². The van der Waals surface area contributed by atoms with E-state index in [0.717, 1.165) is 18.3 Å². The first kappa shape index (κ1) is 14.0. The van der Waals surface area contributed by atoms with Crippen LogP contribution in [-0.2, 0) is 0 Å². The van der Waals surface area contributed by atoms with Gasteiger partial charge in [-0.3, -0.25) is 0 Å². The molecule has 0 rings (SSSR count). The number of hydrogen-bond acceptors (Lipinski definition) is 0. The van der Waals surface area contributed by atoms with Crippen LogP contribution in [0.5, 0.6) is 0 Å². The zero-order chi connectivity index (χ0) is 11.6. The second-order valence-electron chi connectivity index (χ2n) is 6.67. The van der Waals surface area contributed by atoms with E-state index in [1.165, 1.54) is 6.42 Å². The van der Waals surface area contributed by atoms with E-state index < -0.39 is 0 Å². The zero-order valence-corrected chi connectivity index (χ0v) is 11.3. The molecule has 0 saturated carbocycles. The monoisotopic (exact) mass is 197 g/mol. The van der Waals surface area contributed by atoms with Gasteiger partial charge in [-0.1, -0.05) is 68.2 Å². The zero-order valence-electron chi connectivity index (χ0n) is 11.3. The predicted octanol–water partition coefficient (Wildman–Crippen LogP) is 4.95. The molecule has 0 bridgehead atoms. The topological polar surface area (TPSA) is 0 Å². The molecule has 0 amide bonds. The van der Waals surface area contributed by atoms with Gasteiger partial charge in [-0.25, -0.2) is 0 Å². The van der Waals surface area contributed by atoms with Crippen molar-refractivity contribution in [3.8, 4) is 0 Å². The molecule has 1 radical (unpaired) electrons. The van der Waals surface area contributed by atoms with Gasteiger partial charge in [0.2, 0.25) is 0 Å². The lowest BCUT2D eigenvalue weighted by Gasteiger charge is -2.45. The minimum Gasteiger partial charge on any atom is -0.0651 e. The maximum Gasteiger partial charge on any atom is -0.0288 e. The molecule has 14 heavy (non-hydrogen) atoms. The fourth-order valence-electron chi connectivity index (χ4n) is 3.32. The van der Waals surface area contributed by atoms with E-state index in [2.05, 4.69) is 55.4 Å². The average Bonchev–Trinajstić information content (AvgIpc) is 1.94. The molecule has 0 heteroatoms. The summed E-state index contributed by atoms with van der Waals surface area (Å²) >= 11 is 0. The fraction of sp³-hybridized carbons (Fsp3) is 0.929. The van der Waals surface area contributed by atoms with Gasteiger partial charge < -0.3 is 0 Å². The fourth-order valence-corrected chi connectivity index (χ4v) is 3.32. The van der Waals surface area contributed by atoms with Gasteiger partial charge in [0.25, 0.3) is 0 Å². The lowest BCUT2D eigenvalue weighted by Crippen LogP contribution is -2.38. The van der Waals surface area contributed by atoms with Crippen LogP contribution in [0.3, 0.4) is 0 Å². The van der Waals surface area contributed by atoms with Crippen LogP contribution in [-0.4, -0.2) is 0 Å². The molecule has 1 unspecified atom stereocenters. The highest BCUT2D eigenvalue weighted by Gasteiger charge is 2.38. The van der Waals surface area contributed by atoms with Crippen LogP contribution in [0.2, 0.25) is 0 Å². The average molecular weight is 197 g/mol. The van der Waals surface area contributed by atoms with Gasteiger partial charge in [0.05, 0.1) is 0 Å². The van der Waals surface area contributed by atoms with E-state index >= 15 is 0 Å². The van der Waals surface area contributed by atoms with Gasteiger partial charge >= 0.3 is 0 Å². The molecule has 1 atom stereocenters. The highest BCUT2D eigenvalue weighted by atomic mass is 14.4. The molecule has 0 spiro atoms. The van der Waals surface area contributed by atoms with Crippen LogP contribution in [0, 0.1) is 29.6 Å². The van der Waals surface area contributed by atoms with Gasteiger partial charge in [-0.05, 0) is 22.7 Å². The summed E-state index contributed by atoms with van der Waals surface area (Å²) in [5, 5.41) is 0. The molecule has 0 saturated heterocycles. The van der Waals surface area contributed by atoms with Crippen molar-refractivity contribution < 1.29 is 0 Å². The van der Waals surface area contributed by atoms with Gasteiger partial charge in [0, 0.05) is 0 Å². The maximum atomic E-state index is 4.10. The summed E-state index contributed by atoms with van der Waals surface area (Å²) in [7, 11) is 0. The molecule has 0 aromatic heterocycles. The first-order chi connectivity index (χ1) is 6.14. The predicted molar refractivity (Wildman–Crippen MR) is 66.2 cm³/mol. The molecular formula is C14H29. The summed E-state index contributed by atoms with van der Waals surface area (Å²) in [6.07, 6.45) is 2.32. The Morgan fingerprint density at radius 1 is 0.929 bits per heavy atom. The highest BCUT2D eigenvalue weighted by molar-refractivity contribution is 4.88. The molecule has 0 aliphatic heterocycles. The molecule has 0 aromatic carbocycles. The van der Waals surface area contributed by atoms with Crippen molar-refractivity contribution in [1.29, 1.82) is 0 Å². The van der Waals surface area contributed by atoms with Crippen LogP contribution < -0.4 is 0 Å². The van der Waals surface area contributed by atoms with E-state index in [1.54, 1.807) is 0 Å². The SMILES string of the molecule is [CH2]CC(CC)C(C(C)(C)C)C(C)(C)C. The minimum atomic E-state index is 0.386. The van der Waals surface area contributed by atoms with Crippen molar-refractivity contribution in [2.75, 3.05) is 0 Å². The van der Waals surface area contributed by atoms with E-state index in [-0.39, 0.29) is 0 Å². The quantitative estimate of drug-likeness (QED) is 0.601. The highest BCUT2D eigenvalue weighted by Crippen LogP contribution is 2.46. The van der Waals surface area contributed by atoms with Gasteiger partial charge in [0.1, 0.15) is 0 Å². The van der Waals surface area contributed by atoms with Crippen molar-refractivity contribution in [3.05, 3.63) is 6.92 Å². The molecule has 0 aliphatic carbocycles.